The van der Waals surface area contributed by atoms with Crippen molar-refractivity contribution in [3.05, 3.63) is 87.4 Å². The molecule has 0 aromatic heterocycles. The van der Waals surface area contributed by atoms with E-state index in [1.54, 1.807) is 30.3 Å². The predicted octanol–water partition coefficient (Wildman–Crippen LogP) is 4.73. The van der Waals surface area contributed by atoms with Crippen molar-refractivity contribution in [3.8, 4) is 17.2 Å². The van der Waals surface area contributed by atoms with Gasteiger partial charge in [0, 0.05) is 6.07 Å². The number of anilines is 1. The van der Waals surface area contributed by atoms with Crippen LogP contribution in [0.3, 0.4) is 0 Å². The van der Waals surface area contributed by atoms with E-state index in [1.165, 1.54) is 12.1 Å². The van der Waals surface area contributed by atoms with Crippen LogP contribution in [0.15, 0.2) is 70.7 Å². The molecule has 1 fully saturated rings. The first-order chi connectivity index (χ1) is 16.9. The molecule has 2 heterocycles. The summed E-state index contributed by atoms with van der Waals surface area (Å²) in [6.45, 7) is 2.47. The number of urea groups is 1. The smallest absolute Gasteiger partial charge is 0.335 e. The number of imide groups is 2. The lowest BCUT2D eigenvalue weighted by Crippen LogP contribution is -2.54. The lowest BCUT2D eigenvalue weighted by atomic mass is 10.1. The van der Waals surface area contributed by atoms with E-state index in [1.807, 2.05) is 31.2 Å². The molecule has 0 atom stereocenters. The zero-order valence-corrected chi connectivity index (χ0v) is 20.1. The molecule has 0 aliphatic carbocycles. The highest BCUT2D eigenvalue weighted by Crippen LogP contribution is 2.36. The molecule has 0 unspecified atom stereocenters. The molecule has 3 aromatic rings. The van der Waals surface area contributed by atoms with E-state index in [-0.39, 0.29) is 18.1 Å². The number of aryl methyl sites for hydroxylation is 1. The van der Waals surface area contributed by atoms with E-state index in [2.05, 4.69) is 21.2 Å². The average Bonchev–Trinajstić information content (AvgIpc) is 3.29. The second-order valence-electron chi connectivity index (χ2n) is 7.96. The molecule has 1 saturated heterocycles. The SMILES string of the molecule is Cc1cccc(COc2ccc(/C=C3\C(=O)NC(=O)N(c4ccc5c(c4)OCO5)C3=O)cc2Br)c1. The molecular formula is C26H19BrN2O6. The maximum absolute atomic E-state index is 13.2. The van der Waals surface area contributed by atoms with Crippen LogP contribution in [0.4, 0.5) is 10.5 Å². The summed E-state index contributed by atoms with van der Waals surface area (Å²) in [5.74, 6) is 0.0300. The second-order valence-corrected chi connectivity index (χ2v) is 8.82. The topological polar surface area (TPSA) is 94.2 Å². The molecule has 8 nitrogen and oxygen atoms in total. The highest BCUT2D eigenvalue weighted by atomic mass is 79.9. The number of benzene rings is 3. The molecule has 35 heavy (non-hydrogen) atoms. The summed E-state index contributed by atoms with van der Waals surface area (Å²) in [4.78, 5) is 39.0. The number of nitrogens with one attached hydrogen (secondary N) is 1. The normalized spacial score (nSPS) is 16.0. The number of fused-ring (bicyclic) bond motifs is 1. The number of rotatable bonds is 5. The van der Waals surface area contributed by atoms with Gasteiger partial charge in [0.05, 0.1) is 10.2 Å². The Morgan fingerprint density at radius 2 is 1.86 bits per heavy atom. The van der Waals surface area contributed by atoms with Crippen molar-refractivity contribution < 1.29 is 28.6 Å². The summed E-state index contributed by atoms with van der Waals surface area (Å²) >= 11 is 3.49. The predicted molar refractivity (Wildman–Crippen MR) is 131 cm³/mol. The minimum Gasteiger partial charge on any atom is -0.488 e. The van der Waals surface area contributed by atoms with Gasteiger partial charge in [-0.3, -0.25) is 14.9 Å². The fraction of sp³-hybridized carbons (Fsp3) is 0.115. The van der Waals surface area contributed by atoms with Gasteiger partial charge in [0.25, 0.3) is 11.8 Å². The van der Waals surface area contributed by atoms with Crippen molar-refractivity contribution in [2.24, 2.45) is 0 Å². The van der Waals surface area contributed by atoms with Crippen LogP contribution in [0.1, 0.15) is 16.7 Å². The largest absolute Gasteiger partial charge is 0.488 e. The first kappa shape index (κ1) is 22.7. The zero-order valence-electron chi connectivity index (χ0n) is 18.5. The van der Waals surface area contributed by atoms with E-state index in [0.29, 0.717) is 33.9 Å². The fourth-order valence-corrected chi connectivity index (χ4v) is 4.28. The molecule has 0 spiro atoms. The van der Waals surface area contributed by atoms with Gasteiger partial charge in [-0.05, 0) is 64.3 Å². The van der Waals surface area contributed by atoms with Crippen molar-refractivity contribution in [1.82, 2.24) is 5.32 Å². The standard InChI is InChI=1S/C26H19BrN2O6/c1-15-3-2-4-17(9-15)13-33-21-7-5-16(11-20(21)27)10-19-24(30)28-26(32)29(25(19)31)18-6-8-22-23(12-18)35-14-34-22/h2-12H,13-14H2,1H3,(H,28,30,32)/b19-10+. The molecule has 2 aliphatic heterocycles. The maximum atomic E-state index is 13.2. The Hall–Kier alpha value is -4.11. The van der Waals surface area contributed by atoms with Crippen LogP contribution in [0.25, 0.3) is 6.08 Å². The summed E-state index contributed by atoms with van der Waals surface area (Å²) < 4.78 is 17.2. The molecule has 176 valence electrons. The maximum Gasteiger partial charge on any atom is 0.335 e. The summed E-state index contributed by atoms with van der Waals surface area (Å²) in [7, 11) is 0. The van der Waals surface area contributed by atoms with Crippen LogP contribution in [-0.2, 0) is 16.2 Å². The van der Waals surface area contributed by atoms with E-state index < -0.39 is 17.8 Å². The van der Waals surface area contributed by atoms with Gasteiger partial charge in [0.1, 0.15) is 17.9 Å². The van der Waals surface area contributed by atoms with Gasteiger partial charge >= 0.3 is 6.03 Å². The zero-order chi connectivity index (χ0) is 24.5. The number of carbonyl (C=O) groups is 3. The summed E-state index contributed by atoms with van der Waals surface area (Å²) in [6, 6.07) is 17.1. The molecule has 4 amide bonds. The first-order valence-electron chi connectivity index (χ1n) is 10.7. The number of carbonyl (C=O) groups excluding carboxylic acids is 3. The van der Waals surface area contributed by atoms with Gasteiger partial charge in [-0.15, -0.1) is 0 Å². The van der Waals surface area contributed by atoms with Crippen LogP contribution in [-0.4, -0.2) is 24.6 Å². The Labute approximate surface area is 209 Å². The van der Waals surface area contributed by atoms with Gasteiger partial charge in [-0.25, -0.2) is 9.69 Å². The van der Waals surface area contributed by atoms with Crippen molar-refractivity contribution in [3.63, 3.8) is 0 Å². The highest BCUT2D eigenvalue weighted by molar-refractivity contribution is 9.10. The molecule has 9 heteroatoms. The Morgan fingerprint density at radius 3 is 2.66 bits per heavy atom. The van der Waals surface area contributed by atoms with Gasteiger partial charge in [-0.1, -0.05) is 35.9 Å². The molecule has 0 bridgehead atoms. The third-order valence-electron chi connectivity index (χ3n) is 5.46. The second kappa shape index (κ2) is 9.27. The number of barbiturate groups is 1. The number of ether oxygens (including phenoxy) is 3. The minimum absolute atomic E-state index is 0.0577. The van der Waals surface area contributed by atoms with Crippen LogP contribution < -0.4 is 24.4 Å². The molecule has 0 radical (unpaired) electrons. The number of hydrogen-bond donors (Lipinski definition) is 1. The van der Waals surface area contributed by atoms with E-state index in [9.17, 15) is 14.4 Å². The Balaban J connectivity index is 1.37. The molecule has 3 aromatic carbocycles. The van der Waals surface area contributed by atoms with E-state index in [0.717, 1.165) is 16.0 Å². The molecule has 0 saturated carbocycles. The number of hydrogen-bond acceptors (Lipinski definition) is 6. The van der Waals surface area contributed by atoms with Crippen molar-refractivity contribution in [1.29, 1.82) is 0 Å². The number of halogens is 1. The first-order valence-corrected chi connectivity index (χ1v) is 11.5. The van der Waals surface area contributed by atoms with E-state index >= 15 is 0 Å². The minimum atomic E-state index is -0.836. The summed E-state index contributed by atoms with van der Waals surface area (Å²) in [5.41, 5.74) is 2.86. The number of amides is 4. The molecule has 5 rings (SSSR count). The van der Waals surface area contributed by atoms with Crippen LogP contribution in [0.2, 0.25) is 0 Å². The Bertz CT molecular complexity index is 1400. The molecule has 1 N–H and O–H groups in total. The van der Waals surface area contributed by atoms with Crippen molar-refractivity contribution in [2.75, 3.05) is 11.7 Å². The van der Waals surface area contributed by atoms with Gasteiger partial charge in [0.2, 0.25) is 6.79 Å². The lowest BCUT2D eigenvalue weighted by Gasteiger charge is -2.26. The Kier molecular flexibility index (Phi) is 6.00. The summed E-state index contributed by atoms with van der Waals surface area (Å²) in [6.07, 6.45) is 1.43. The van der Waals surface area contributed by atoms with Crippen LogP contribution in [0, 0.1) is 6.92 Å². The number of nitrogens with zero attached hydrogens (tertiary/aromatic N) is 1. The van der Waals surface area contributed by atoms with Crippen LogP contribution >= 0.6 is 15.9 Å². The lowest BCUT2D eigenvalue weighted by molar-refractivity contribution is -0.122. The van der Waals surface area contributed by atoms with Gasteiger partial charge in [0.15, 0.2) is 11.5 Å². The van der Waals surface area contributed by atoms with Gasteiger partial charge < -0.3 is 14.2 Å². The van der Waals surface area contributed by atoms with Crippen molar-refractivity contribution in [2.45, 2.75) is 13.5 Å². The fourth-order valence-electron chi connectivity index (χ4n) is 3.77. The highest BCUT2D eigenvalue weighted by Gasteiger charge is 2.37. The molecule has 2 aliphatic rings. The third kappa shape index (κ3) is 4.63. The van der Waals surface area contributed by atoms with Gasteiger partial charge in [-0.2, -0.15) is 0 Å². The third-order valence-corrected chi connectivity index (χ3v) is 6.08. The quantitative estimate of drug-likeness (QED) is 0.375. The van der Waals surface area contributed by atoms with E-state index in [4.69, 9.17) is 14.2 Å². The summed E-state index contributed by atoms with van der Waals surface area (Å²) in [5, 5.41) is 2.22. The van der Waals surface area contributed by atoms with Crippen molar-refractivity contribution >= 4 is 45.5 Å². The Morgan fingerprint density at radius 1 is 1.03 bits per heavy atom. The van der Waals surface area contributed by atoms with Crippen LogP contribution in [0.5, 0.6) is 17.2 Å². The molecular weight excluding hydrogens is 516 g/mol. The average molecular weight is 535 g/mol. The monoisotopic (exact) mass is 534 g/mol.